The number of rotatable bonds is 6. The van der Waals surface area contributed by atoms with Crippen molar-refractivity contribution >= 4 is 23.4 Å². The first-order chi connectivity index (χ1) is 17.6. The molecule has 4 heterocycles. The van der Waals surface area contributed by atoms with Crippen LogP contribution in [0.15, 0.2) is 36.4 Å². The minimum Gasteiger partial charge on any atom is -0.454 e. The van der Waals surface area contributed by atoms with Crippen molar-refractivity contribution < 1.29 is 28.6 Å². The van der Waals surface area contributed by atoms with Gasteiger partial charge in [0.15, 0.2) is 11.5 Å². The Balaban J connectivity index is 1.12. The Hall–Kier alpha value is -3.59. The molecule has 1 N–H and O–H groups in total. The van der Waals surface area contributed by atoms with Crippen LogP contribution in [0.3, 0.4) is 0 Å². The summed E-state index contributed by atoms with van der Waals surface area (Å²) in [4.78, 5) is 42.7. The van der Waals surface area contributed by atoms with Crippen LogP contribution in [0.25, 0.3) is 0 Å². The summed E-state index contributed by atoms with van der Waals surface area (Å²) in [7, 11) is 0. The predicted molar refractivity (Wildman–Crippen MR) is 130 cm³/mol. The van der Waals surface area contributed by atoms with Gasteiger partial charge < -0.3 is 24.4 Å². The Kier molecular flexibility index (Phi) is 6.00. The number of amides is 3. The molecule has 2 saturated heterocycles. The number of piperidine rings is 1. The fourth-order valence-corrected chi connectivity index (χ4v) is 5.49. The number of carbonyl (C=O) groups is 3. The van der Waals surface area contributed by atoms with Gasteiger partial charge in [-0.05, 0) is 55.5 Å². The third-order valence-electron chi connectivity index (χ3n) is 7.49. The van der Waals surface area contributed by atoms with Gasteiger partial charge in [0.2, 0.25) is 12.7 Å². The Bertz CT molecular complexity index is 1200. The monoisotopic (exact) mass is 491 g/mol. The molecule has 2 fully saturated rings. The van der Waals surface area contributed by atoms with E-state index in [9.17, 15) is 14.4 Å². The molecule has 0 saturated carbocycles. The van der Waals surface area contributed by atoms with E-state index in [1.165, 1.54) is 4.90 Å². The van der Waals surface area contributed by atoms with Crippen LogP contribution in [-0.4, -0.2) is 61.8 Å². The fourth-order valence-electron chi connectivity index (χ4n) is 5.49. The lowest BCUT2D eigenvalue weighted by Gasteiger charge is -2.34. The molecule has 36 heavy (non-hydrogen) atoms. The number of imide groups is 1. The lowest BCUT2D eigenvalue weighted by Crippen LogP contribution is -2.42. The number of benzene rings is 2. The highest BCUT2D eigenvalue weighted by Crippen LogP contribution is 2.36. The summed E-state index contributed by atoms with van der Waals surface area (Å²) in [6.45, 7) is 2.98. The number of fused-ring (bicyclic) bond motifs is 2. The molecule has 1 atom stereocenters. The van der Waals surface area contributed by atoms with Gasteiger partial charge >= 0.3 is 0 Å². The number of anilines is 1. The topological polar surface area (TPSA) is 97.4 Å². The molecule has 0 bridgehead atoms. The van der Waals surface area contributed by atoms with Gasteiger partial charge in [-0.1, -0.05) is 12.1 Å². The smallest absolute Gasteiger partial charge is 0.263 e. The van der Waals surface area contributed by atoms with Crippen molar-refractivity contribution in [3.05, 3.63) is 53.1 Å². The van der Waals surface area contributed by atoms with Crippen molar-refractivity contribution in [2.24, 2.45) is 5.92 Å². The minimum atomic E-state index is -0.294. The number of ether oxygens (including phenoxy) is 3. The van der Waals surface area contributed by atoms with E-state index in [4.69, 9.17) is 14.2 Å². The number of nitrogens with one attached hydrogen (secondary N) is 1. The molecule has 9 heteroatoms. The van der Waals surface area contributed by atoms with Crippen LogP contribution in [0.2, 0.25) is 0 Å². The Morgan fingerprint density at radius 1 is 1.00 bits per heavy atom. The molecule has 4 aliphatic rings. The largest absolute Gasteiger partial charge is 0.454 e. The van der Waals surface area contributed by atoms with Crippen molar-refractivity contribution in [3.8, 4) is 11.5 Å². The second-order valence-electron chi connectivity index (χ2n) is 9.73. The molecular formula is C27H29N3O6. The molecular weight excluding hydrogens is 462 g/mol. The highest BCUT2D eigenvalue weighted by molar-refractivity contribution is 6.23. The summed E-state index contributed by atoms with van der Waals surface area (Å²) >= 11 is 0. The van der Waals surface area contributed by atoms with Crippen LogP contribution >= 0.6 is 0 Å². The maximum atomic E-state index is 13.4. The molecule has 0 spiro atoms. The fraction of sp³-hybridized carbons (Fsp3) is 0.444. The van der Waals surface area contributed by atoms with E-state index in [-0.39, 0.29) is 43.1 Å². The van der Waals surface area contributed by atoms with Crippen molar-refractivity contribution in [2.75, 3.05) is 37.9 Å². The summed E-state index contributed by atoms with van der Waals surface area (Å²) < 4.78 is 16.4. The molecule has 0 aliphatic carbocycles. The van der Waals surface area contributed by atoms with E-state index in [0.717, 1.165) is 30.7 Å². The number of nitrogens with zero attached hydrogens (tertiary/aromatic N) is 2. The van der Waals surface area contributed by atoms with Crippen molar-refractivity contribution in [1.29, 1.82) is 0 Å². The second-order valence-corrected chi connectivity index (χ2v) is 9.73. The highest BCUT2D eigenvalue weighted by atomic mass is 16.7. The van der Waals surface area contributed by atoms with Gasteiger partial charge in [-0.25, -0.2) is 0 Å². The SMILES string of the molecule is O=C(NCC1CCCO1)C1CCN(c2cccc3c2C(=O)N(Cc2ccc4c(c2)OCO4)C3=O)CC1. The lowest BCUT2D eigenvalue weighted by molar-refractivity contribution is -0.126. The van der Waals surface area contributed by atoms with Crippen LogP contribution in [0.4, 0.5) is 5.69 Å². The Morgan fingerprint density at radius 2 is 1.83 bits per heavy atom. The van der Waals surface area contributed by atoms with E-state index in [1.54, 1.807) is 18.2 Å². The van der Waals surface area contributed by atoms with Gasteiger partial charge in [-0.2, -0.15) is 0 Å². The Labute approximate surface area is 209 Å². The number of hydrogen-bond acceptors (Lipinski definition) is 7. The van der Waals surface area contributed by atoms with E-state index in [1.807, 2.05) is 18.2 Å². The molecule has 4 aliphatic heterocycles. The van der Waals surface area contributed by atoms with Crippen LogP contribution < -0.4 is 19.7 Å². The summed E-state index contributed by atoms with van der Waals surface area (Å²) in [5.74, 6) is 0.710. The third kappa shape index (κ3) is 4.17. The molecule has 188 valence electrons. The number of carbonyl (C=O) groups excluding carboxylic acids is 3. The van der Waals surface area contributed by atoms with Crippen molar-refractivity contribution in [1.82, 2.24) is 10.2 Å². The zero-order valence-electron chi connectivity index (χ0n) is 20.0. The van der Waals surface area contributed by atoms with E-state index in [0.29, 0.717) is 55.1 Å². The maximum absolute atomic E-state index is 13.4. The molecule has 1 unspecified atom stereocenters. The van der Waals surface area contributed by atoms with E-state index < -0.39 is 0 Å². The van der Waals surface area contributed by atoms with Crippen LogP contribution in [0.5, 0.6) is 11.5 Å². The number of hydrogen-bond donors (Lipinski definition) is 1. The molecule has 3 amide bonds. The first kappa shape index (κ1) is 22.8. The first-order valence-electron chi connectivity index (χ1n) is 12.6. The average molecular weight is 492 g/mol. The summed E-state index contributed by atoms with van der Waals surface area (Å²) in [5, 5.41) is 3.04. The summed E-state index contributed by atoms with van der Waals surface area (Å²) in [6, 6.07) is 10.9. The first-order valence-corrected chi connectivity index (χ1v) is 12.6. The highest BCUT2D eigenvalue weighted by Gasteiger charge is 2.39. The maximum Gasteiger partial charge on any atom is 0.263 e. The van der Waals surface area contributed by atoms with Crippen molar-refractivity contribution in [3.63, 3.8) is 0 Å². The zero-order valence-corrected chi connectivity index (χ0v) is 20.0. The predicted octanol–water partition coefficient (Wildman–Crippen LogP) is 2.72. The van der Waals surface area contributed by atoms with Crippen LogP contribution in [0, 0.1) is 5.92 Å². The summed E-state index contributed by atoms with van der Waals surface area (Å²) in [6.07, 6.45) is 3.57. The normalized spacial score (nSPS) is 21.3. The Morgan fingerprint density at radius 3 is 2.64 bits per heavy atom. The van der Waals surface area contributed by atoms with Gasteiger partial charge in [0.1, 0.15) is 0 Å². The molecule has 2 aromatic rings. The van der Waals surface area contributed by atoms with Crippen molar-refractivity contribution in [2.45, 2.75) is 38.3 Å². The van der Waals surface area contributed by atoms with Crippen LogP contribution in [-0.2, 0) is 16.1 Å². The second kappa shape index (κ2) is 9.46. The van der Waals surface area contributed by atoms with Gasteiger partial charge in [-0.15, -0.1) is 0 Å². The van der Waals surface area contributed by atoms with Gasteiger partial charge in [-0.3, -0.25) is 19.3 Å². The quantitative estimate of drug-likeness (QED) is 0.621. The molecule has 2 aromatic carbocycles. The molecule has 0 aromatic heterocycles. The minimum absolute atomic E-state index is 0.0562. The average Bonchev–Trinajstić information content (AvgIpc) is 3.65. The lowest BCUT2D eigenvalue weighted by atomic mass is 9.94. The van der Waals surface area contributed by atoms with Crippen LogP contribution in [0.1, 0.15) is 52.0 Å². The van der Waals surface area contributed by atoms with E-state index >= 15 is 0 Å². The van der Waals surface area contributed by atoms with Gasteiger partial charge in [0, 0.05) is 32.2 Å². The molecule has 9 nitrogen and oxygen atoms in total. The van der Waals surface area contributed by atoms with E-state index in [2.05, 4.69) is 10.2 Å². The standard InChI is InChI=1S/C27H29N3O6/c31-25(28-14-19-3-2-12-34-19)18-8-10-29(11-9-18)21-5-1-4-20-24(21)27(33)30(26(20)32)15-17-6-7-22-23(13-17)36-16-35-22/h1,4-7,13,18-19H,2-3,8-12,14-16H2,(H,28,31). The summed E-state index contributed by atoms with van der Waals surface area (Å²) in [5.41, 5.74) is 2.43. The zero-order chi connectivity index (χ0) is 24.6. The molecule has 0 radical (unpaired) electrons. The van der Waals surface area contributed by atoms with Gasteiger partial charge in [0.05, 0.1) is 29.5 Å². The third-order valence-corrected chi connectivity index (χ3v) is 7.49. The molecule has 6 rings (SSSR count). The van der Waals surface area contributed by atoms with Gasteiger partial charge in [0.25, 0.3) is 11.8 Å².